The smallest absolute Gasteiger partial charge is 0.207 e. The Balaban J connectivity index is 2.65. The summed E-state index contributed by atoms with van der Waals surface area (Å²) in [6.45, 7) is 0.457. The second-order valence-electron chi connectivity index (χ2n) is 2.67. The van der Waals surface area contributed by atoms with Crippen molar-refractivity contribution < 1.29 is 9.53 Å². The molecule has 0 saturated carbocycles. The normalized spacial score (nSPS) is 9.20. The van der Waals surface area contributed by atoms with E-state index in [1.165, 1.54) is 6.26 Å². The second kappa shape index (κ2) is 6.32. The van der Waals surface area contributed by atoms with Crippen molar-refractivity contribution in [2.75, 3.05) is 0 Å². The van der Waals surface area contributed by atoms with Crippen LogP contribution in [0.2, 0.25) is 0 Å². The first-order valence-electron chi connectivity index (χ1n) is 4.16. The van der Waals surface area contributed by atoms with Crippen LogP contribution in [-0.2, 0) is 11.3 Å². The first-order valence-corrected chi connectivity index (χ1v) is 4.92. The third-order valence-corrected chi connectivity index (χ3v) is 1.75. The summed E-state index contributed by atoms with van der Waals surface area (Å²) in [6, 6.07) is 7.23. The lowest BCUT2D eigenvalue weighted by atomic mass is 10.2. The van der Waals surface area contributed by atoms with Crippen LogP contribution in [0.5, 0.6) is 5.75 Å². The molecule has 0 atom stereocenters. The maximum Gasteiger partial charge on any atom is 0.207 e. The maximum absolute atomic E-state index is 10.1. The van der Waals surface area contributed by atoms with Crippen molar-refractivity contribution in [2.45, 2.75) is 6.54 Å². The van der Waals surface area contributed by atoms with E-state index in [-0.39, 0.29) is 4.49 Å². The zero-order valence-corrected chi connectivity index (χ0v) is 9.26. The number of carbonyl (C=O) groups is 1. The van der Waals surface area contributed by atoms with E-state index in [0.29, 0.717) is 18.7 Å². The Kier molecular flexibility index (Phi) is 5.01. The molecule has 1 rings (SSSR count). The first kappa shape index (κ1) is 11.9. The number of amides is 1. The van der Waals surface area contributed by atoms with Crippen LogP contribution in [0.1, 0.15) is 5.56 Å². The van der Waals surface area contributed by atoms with Crippen LogP contribution in [-0.4, -0.2) is 6.41 Å². The summed E-state index contributed by atoms with van der Waals surface area (Å²) in [5.74, 6) is 0.610. The highest BCUT2D eigenvalue weighted by Crippen LogP contribution is 2.15. The summed E-state index contributed by atoms with van der Waals surface area (Å²) >= 11 is 10.8. The summed E-state index contributed by atoms with van der Waals surface area (Å²) in [4.78, 5) is 10.1. The molecule has 0 aliphatic carbocycles. The van der Waals surface area contributed by atoms with Crippen LogP contribution >= 0.6 is 23.2 Å². The molecule has 0 spiro atoms. The Labute approximate surface area is 97.6 Å². The van der Waals surface area contributed by atoms with E-state index < -0.39 is 0 Å². The molecule has 0 aromatic heterocycles. The molecule has 1 aromatic rings. The van der Waals surface area contributed by atoms with Crippen molar-refractivity contribution >= 4 is 29.6 Å². The van der Waals surface area contributed by atoms with Crippen molar-refractivity contribution in [3.63, 3.8) is 0 Å². The van der Waals surface area contributed by atoms with Gasteiger partial charge in [0.2, 0.25) is 6.41 Å². The molecule has 0 unspecified atom stereocenters. The average molecular weight is 246 g/mol. The first-order chi connectivity index (χ1) is 7.22. The van der Waals surface area contributed by atoms with Gasteiger partial charge in [-0.05, 0) is 17.7 Å². The number of carbonyl (C=O) groups excluding carboxylic acids is 1. The molecular formula is C10H9Cl2NO2. The molecule has 1 aromatic carbocycles. The van der Waals surface area contributed by atoms with Crippen molar-refractivity contribution in [2.24, 2.45) is 0 Å². The maximum atomic E-state index is 10.1. The lowest BCUT2D eigenvalue weighted by Gasteiger charge is -2.03. The molecule has 15 heavy (non-hydrogen) atoms. The lowest BCUT2D eigenvalue weighted by molar-refractivity contribution is -0.109. The molecule has 80 valence electrons. The summed E-state index contributed by atoms with van der Waals surface area (Å²) in [7, 11) is 0. The number of benzene rings is 1. The van der Waals surface area contributed by atoms with E-state index >= 15 is 0 Å². The van der Waals surface area contributed by atoms with Crippen molar-refractivity contribution in [3.05, 3.63) is 40.6 Å². The van der Waals surface area contributed by atoms with E-state index in [2.05, 4.69) is 5.32 Å². The van der Waals surface area contributed by atoms with Gasteiger partial charge in [-0.1, -0.05) is 35.3 Å². The summed E-state index contributed by atoms with van der Waals surface area (Å²) in [5.41, 5.74) is 0.929. The predicted octanol–water partition coefficient (Wildman–Crippen LogP) is 2.59. The Bertz CT molecular complexity index is 362. The number of hydrogen-bond donors (Lipinski definition) is 1. The number of rotatable bonds is 5. The monoisotopic (exact) mass is 245 g/mol. The average Bonchev–Trinajstić information content (AvgIpc) is 2.24. The molecule has 0 aliphatic rings. The molecular weight excluding hydrogens is 237 g/mol. The number of ether oxygens (including phenoxy) is 1. The SMILES string of the molecule is O=CNCc1cccc(OC=C(Cl)Cl)c1. The molecule has 0 saturated heterocycles. The lowest BCUT2D eigenvalue weighted by Crippen LogP contribution is -2.09. The van der Waals surface area contributed by atoms with Gasteiger partial charge < -0.3 is 10.1 Å². The summed E-state index contributed by atoms with van der Waals surface area (Å²) in [6.07, 6.45) is 1.87. The molecule has 0 bridgehead atoms. The van der Waals surface area contributed by atoms with Gasteiger partial charge in [0.25, 0.3) is 0 Å². The van der Waals surface area contributed by atoms with Gasteiger partial charge in [0, 0.05) is 6.54 Å². The van der Waals surface area contributed by atoms with Gasteiger partial charge >= 0.3 is 0 Å². The fourth-order valence-corrected chi connectivity index (χ4v) is 1.09. The van der Waals surface area contributed by atoms with E-state index in [1.54, 1.807) is 12.1 Å². The number of nitrogens with one attached hydrogen (secondary N) is 1. The van der Waals surface area contributed by atoms with Gasteiger partial charge in [-0.3, -0.25) is 4.79 Å². The Morgan fingerprint density at radius 3 is 2.93 bits per heavy atom. The third-order valence-electron chi connectivity index (χ3n) is 1.57. The highest BCUT2D eigenvalue weighted by Gasteiger charge is 1.95. The van der Waals surface area contributed by atoms with Gasteiger partial charge in [0.1, 0.15) is 16.5 Å². The van der Waals surface area contributed by atoms with Gasteiger partial charge in [0.05, 0.1) is 0 Å². The zero-order valence-electron chi connectivity index (χ0n) is 7.74. The minimum Gasteiger partial charge on any atom is -0.462 e. The third kappa shape index (κ3) is 4.72. The van der Waals surface area contributed by atoms with E-state index in [1.807, 2.05) is 12.1 Å². The Morgan fingerprint density at radius 1 is 1.47 bits per heavy atom. The second-order valence-corrected chi connectivity index (χ2v) is 3.68. The fraction of sp³-hybridized carbons (Fsp3) is 0.100. The van der Waals surface area contributed by atoms with Crippen LogP contribution in [0.25, 0.3) is 0 Å². The van der Waals surface area contributed by atoms with Crippen LogP contribution in [0.4, 0.5) is 0 Å². The molecule has 0 radical (unpaired) electrons. The highest BCUT2D eigenvalue weighted by molar-refractivity contribution is 6.55. The van der Waals surface area contributed by atoms with Gasteiger partial charge in [0.15, 0.2) is 0 Å². The van der Waals surface area contributed by atoms with Crippen LogP contribution < -0.4 is 10.1 Å². The predicted molar refractivity (Wildman–Crippen MR) is 59.8 cm³/mol. The molecule has 3 nitrogen and oxygen atoms in total. The van der Waals surface area contributed by atoms with Gasteiger partial charge in [-0.2, -0.15) is 0 Å². The Hall–Kier alpha value is -1.19. The van der Waals surface area contributed by atoms with E-state index in [9.17, 15) is 4.79 Å². The van der Waals surface area contributed by atoms with Crippen LogP contribution in [0, 0.1) is 0 Å². The van der Waals surface area contributed by atoms with Crippen molar-refractivity contribution in [3.8, 4) is 5.75 Å². The minimum absolute atomic E-state index is 0.0476. The summed E-state index contributed by atoms with van der Waals surface area (Å²) in [5, 5.41) is 2.55. The molecule has 0 fully saturated rings. The molecule has 0 aliphatic heterocycles. The zero-order chi connectivity index (χ0) is 11.1. The largest absolute Gasteiger partial charge is 0.462 e. The van der Waals surface area contributed by atoms with E-state index in [4.69, 9.17) is 27.9 Å². The molecule has 1 N–H and O–H groups in total. The summed E-state index contributed by atoms with van der Waals surface area (Å²) < 4.78 is 5.19. The number of hydrogen-bond acceptors (Lipinski definition) is 2. The van der Waals surface area contributed by atoms with Gasteiger partial charge in [-0.25, -0.2) is 0 Å². The Morgan fingerprint density at radius 2 is 2.27 bits per heavy atom. The topological polar surface area (TPSA) is 38.3 Å². The van der Waals surface area contributed by atoms with E-state index in [0.717, 1.165) is 5.56 Å². The van der Waals surface area contributed by atoms with Crippen molar-refractivity contribution in [1.82, 2.24) is 5.32 Å². The minimum atomic E-state index is 0.0476. The fourth-order valence-electron chi connectivity index (χ4n) is 1.00. The highest BCUT2D eigenvalue weighted by atomic mass is 35.5. The molecule has 5 heteroatoms. The van der Waals surface area contributed by atoms with Gasteiger partial charge in [-0.15, -0.1) is 0 Å². The standard InChI is InChI=1S/C10H9Cl2NO2/c11-10(12)6-15-9-3-1-2-8(4-9)5-13-7-14/h1-4,6-7H,5H2,(H,13,14). The van der Waals surface area contributed by atoms with Crippen molar-refractivity contribution in [1.29, 1.82) is 0 Å². The quantitative estimate of drug-likeness (QED) is 0.640. The van der Waals surface area contributed by atoms with Crippen LogP contribution in [0.3, 0.4) is 0 Å². The van der Waals surface area contributed by atoms with Crippen LogP contribution in [0.15, 0.2) is 35.0 Å². The molecule has 1 amide bonds. The number of halogens is 2. The molecule has 0 heterocycles.